The van der Waals surface area contributed by atoms with Crippen LogP contribution in [0.15, 0.2) is 74.7 Å². The number of carbonyl (C=O) groups excluding carboxylic acids is 1. The lowest BCUT2D eigenvalue weighted by Crippen LogP contribution is -2.26. The van der Waals surface area contributed by atoms with Crippen LogP contribution in [0.3, 0.4) is 0 Å². The number of aryl methyl sites for hydroxylation is 1. The van der Waals surface area contributed by atoms with E-state index in [0.717, 1.165) is 21.5 Å². The summed E-state index contributed by atoms with van der Waals surface area (Å²) in [4.78, 5) is 13.0. The van der Waals surface area contributed by atoms with Crippen LogP contribution in [0, 0.1) is 12.7 Å². The summed E-state index contributed by atoms with van der Waals surface area (Å²) in [5.74, 6) is 0.779. The van der Waals surface area contributed by atoms with Crippen molar-refractivity contribution in [2.75, 3.05) is 0 Å². The van der Waals surface area contributed by atoms with Crippen LogP contribution >= 0.6 is 15.9 Å². The number of rotatable bonds is 3. The number of carbonyl (C=O) groups is 1. The summed E-state index contributed by atoms with van der Waals surface area (Å²) < 4.78 is 20.0. The molecule has 2 aromatic carbocycles. The highest BCUT2D eigenvalue weighted by Crippen LogP contribution is 2.35. The van der Waals surface area contributed by atoms with Gasteiger partial charge in [-0.2, -0.15) is 5.10 Å². The smallest absolute Gasteiger partial charge is 0.274 e. The lowest BCUT2D eigenvalue weighted by Gasteiger charge is -2.20. The molecule has 27 heavy (non-hydrogen) atoms. The molecule has 0 saturated heterocycles. The van der Waals surface area contributed by atoms with Gasteiger partial charge < -0.3 is 4.42 Å². The van der Waals surface area contributed by atoms with Crippen molar-refractivity contribution in [1.29, 1.82) is 0 Å². The first-order chi connectivity index (χ1) is 13.0. The third kappa shape index (κ3) is 3.57. The van der Waals surface area contributed by atoms with E-state index in [2.05, 4.69) is 21.0 Å². The lowest BCUT2D eigenvalue weighted by atomic mass is 10.0. The molecule has 0 bridgehead atoms. The molecule has 1 aliphatic rings. The summed E-state index contributed by atoms with van der Waals surface area (Å²) in [6.45, 7) is 1.86. The number of hydrogen-bond acceptors (Lipinski definition) is 3. The lowest BCUT2D eigenvalue weighted by molar-refractivity contribution is 0.0692. The number of benzene rings is 2. The summed E-state index contributed by atoms with van der Waals surface area (Å²) in [5.41, 5.74) is 2.13. The Morgan fingerprint density at radius 2 is 1.81 bits per heavy atom. The van der Waals surface area contributed by atoms with Crippen LogP contribution in [0.5, 0.6) is 0 Å². The number of hydrazone groups is 1. The van der Waals surface area contributed by atoms with Crippen molar-refractivity contribution >= 4 is 27.5 Å². The monoisotopic (exact) mass is 426 g/mol. The van der Waals surface area contributed by atoms with E-state index in [4.69, 9.17) is 4.42 Å². The van der Waals surface area contributed by atoms with Crippen molar-refractivity contribution in [2.45, 2.75) is 19.4 Å². The van der Waals surface area contributed by atoms with Crippen LogP contribution in [-0.4, -0.2) is 16.6 Å². The molecule has 0 saturated carbocycles. The molecular weight excluding hydrogens is 411 g/mol. The minimum absolute atomic E-state index is 0.291. The quantitative estimate of drug-likeness (QED) is 0.556. The fourth-order valence-electron chi connectivity index (χ4n) is 3.09. The Balaban J connectivity index is 1.71. The Morgan fingerprint density at radius 3 is 2.44 bits per heavy atom. The van der Waals surface area contributed by atoms with Crippen molar-refractivity contribution in [3.8, 4) is 0 Å². The van der Waals surface area contributed by atoms with Gasteiger partial charge in [0.2, 0.25) is 0 Å². The van der Waals surface area contributed by atoms with Gasteiger partial charge in [-0.05, 0) is 61.0 Å². The molecule has 0 aliphatic carbocycles. The maximum atomic E-state index is 13.2. The number of nitrogens with zero attached hydrogens (tertiary/aromatic N) is 2. The fourth-order valence-corrected chi connectivity index (χ4v) is 3.36. The molecule has 1 unspecified atom stereocenters. The molecule has 2 heterocycles. The first kappa shape index (κ1) is 17.7. The van der Waals surface area contributed by atoms with E-state index in [1.807, 2.05) is 43.3 Å². The van der Waals surface area contributed by atoms with E-state index in [0.29, 0.717) is 17.7 Å². The van der Waals surface area contributed by atoms with Gasteiger partial charge in [0.25, 0.3) is 5.91 Å². The molecule has 0 fully saturated rings. The normalized spacial score (nSPS) is 16.5. The molecular formula is C21H16BrFN2O2. The minimum atomic E-state index is -0.384. The van der Waals surface area contributed by atoms with E-state index < -0.39 is 0 Å². The van der Waals surface area contributed by atoms with Crippen molar-refractivity contribution in [2.24, 2.45) is 5.10 Å². The van der Waals surface area contributed by atoms with Crippen LogP contribution in [0.4, 0.5) is 4.39 Å². The standard InChI is InChI=1S/C21H16BrFN2O2/c1-13-2-11-20(27-13)19-12-18(14-3-7-16(22)8-4-14)24-25(19)21(26)15-5-9-17(23)10-6-15/h2-11,19H,12H2,1H3. The molecule has 1 aromatic heterocycles. The minimum Gasteiger partial charge on any atom is -0.464 e. The van der Waals surface area contributed by atoms with Crippen molar-refractivity contribution < 1.29 is 13.6 Å². The molecule has 0 spiro atoms. The maximum Gasteiger partial charge on any atom is 0.274 e. The van der Waals surface area contributed by atoms with Gasteiger partial charge in [0.1, 0.15) is 23.4 Å². The van der Waals surface area contributed by atoms with Crippen molar-refractivity contribution in [3.63, 3.8) is 0 Å². The van der Waals surface area contributed by atoms with E-state index in [-0.39, 0.29) is 17.8 Å². The predicted molar refractivity (Wildman–Crippen MR) is 104 cm³/mol. The summed E-state index contributed by atoms with van der Waals surface area (Å²) in [6.07, 6.45) is 0.543. The molecule has 136 valence electrons. The van der Waals surface area contributed by atoms with Gasteiger partial charge in [-0.1, -0.05) is 28.1 Å². The molecule has 4 nitrogen and oxygen atoms in total. The third-order valence-corrected chi connectivity index (χ3v) is 5.01. The Labute approximate surface area is 164 Å². The average molecular weight is 427 g/mol. The third-order valence-electron chi connectivity index (χ3n) is 4.48. The van der Waals surface area contributed by atoms with Crippen LogP contribution in [-0.2, 0) is 0 Å². The molecule has 0 radical (unpaired) electrons. The van der Waals surface area contributed by atoms with Gasteiger partial charge in [0.05, 0.1) is 5.71 Å². The molecule has 1 amide bonds. The Kier molecular flexibility index (Phi) is 4.66. The van der Waals surface area contributed by atoms with Gasteiger partial charge in [-0.3, -0.25) is 4.79 Å². The summed E-state index contributed by atoms with van der Waals surface area (Å²) >= 11 is 3.43. The zero-order chi connectivity index (χ0) is 19.0. The van der Waals surface area contributed by atoms with Crippen LogP contribution in [0.25, 0.3) is 0 Å². The second kappa shape index (κ2) is 7.12. The van der Waals surface area contributed by atoms with Crippen LogP contribution in [0.1, 0.15) is 39.9 Å². The Morgan fingerprint density at radius 1 is 1.11 bits per heavy atom. The predicted octanol–water partition coefficient (Wildman–Crippen LogP) is 5.48. The highest BCUT2D eigenvalue weighted by Gasteiger charge is 2.35. The van der Waals surface area contributed by atoms with Crippen LogP contribution in [0.2, 0.25) is 0 Å². The first-order valence-electron chi connectivity index (χ1n) is 8.50. The van der Waals surface area contributed by atoms with Gasteiger partial charge in [-0.25, -0.2) is 9.40 Å². The molecule has 6 heteroatoms. The van der Waals surface area contributed by atoms with E-state index in [1.54, 1.807) is 0 Å². The molecule has 1 aliphatic heterocycles. The van der Waals surface area contributed by atoms with Crippen molar-refractivity contribution in [3.05, 3.63) is 93.6 Å². The van der Waals surface area contributed by atoms with Gasteiger partial charge in [0.15, 0.2) is 0 Å². The number of halogens is 2. The second-order valence-corrected chi connectivity index (χ2v) is 7.29. The zero-order valence-electron chi connectivity index (χ0n) is 14.5. The Bertz CT molecular complexity index is 1010. The van der Waals surface area contributed by atoms with E-state index >= 15 is 0 Å². The molecule has 1 atom stereocenters. The second-order valence-electron chi connectivity index (χ2n) is 6.38. The van der Waals surface area contributed by atoms with Crippen LogP contribution < -0.4 is 0 Å². The average Bonchev–Trinajstić information content (AvgIpc) is 3.29. The number of amides is 1. The fraction of sp³-hybridized carbons (Fsp3) is 0.143. The number of furan rings is 1. The maximum absolute atomic E-state index is 13.2. The first-order valence-corrected chi connectivity index (χ1v) is 9.29. The van der Waals surface area contributed by atoms with Gasteiger partial charge in [-0.15, -0.1) is 0 Å². The topological polar surface area (TPSA) is 45.8 Å². The Hall–Kier alpha value is -2.73. The van der Waals surface area contributed by atoms with E-state index in [9.17, 15) is 9.18 Å². The largest absolute Gasteiger partial charge is 0.464 e. The highest BCUT2D eigenvalue weighted by atomic mass is 79.9. The molecule has 0 N–H and O–H groups in total. The highest BCUT2D eigenvalue weighted by molar-refractivity contribution is 9.10. The zero-order valence-corrected chi connectivity index (χ0v) is 16.1. The van der Waals surface area contributed by atoms with Gasteiger partial charge >= 0.3 is 0 Å². The SMILES string of the molecule is Cc1ccc(C2CC(c3ccc(Br)cc3)=NN2C(=O)c2ccc(F)cc2)o1. The summed E-state index contributed by atoms with van der Waals surface area (Å²) in [7, 11) is 0. The van der Waals surface area contributed by atoms with Crippen molar-refractivity contribution in [1.82, 2.24) is 5.01 Å². The number of hydrogen-bond donors (Lipinski definition) is 0. The summed E-state index contributed by atoms with van der Waals surface area (Å²) in [5, 5.41) is 6.02. The van der Waals surface area contributed by atoms with Gasteiger partial charge in [0, 0.05) is 16.5 Å². The molecule has 3 aromatic rings. The summed E-state index contributed by atoms with van der Waals surface area (Å²) in [6, 6.07) is 16.7. The van der Waals surface area contributed by atoms with E-state index in [1.165, 1.54) is 29.3 Å². The molecule has 4 rings (SSSR count).